The van der Waals surface area contributed by atoms with E-state index in [1.165, 1.54) is 23.0 Å². The third kappa shape index (κ3) is 1.05. The molecule has 0 amide bonds. The Morgan fingerprint density at radius 2 is 2.30 bits per heavy atom. The lowest BCUT2D eigenvalue weighted by atomic mass is 10.6. The first-order valence-corrected chi connectivity index (χ1v) is 2.68. The highest BCUT2D eigenvalue weighted by molar-refractivity contribution is 5.14. The summed E-state index contributed by atoms with van der Waals surface area (Å²) in [6.45, 7) is 3.36. The van der Waals surface area contributed by atoms with Gasteiger partial charge in [0.2, 0.25) is 0 Å². The van der Waals surface area contributed by atoms with E-state index in [2.05, 4.69) is 11.6 Å². The standard InChI is InChI=1S/C6H6N2O2/c1-2-8-4-3-5(9)7-6(8)10/h2-4H,1H2,(H,7,9,10). The number of aromatic amines is 1. The van der Waals surface area contributed by atoms with Gasteiger partial charge < -0.3 is 0 Å². The van der Waals surface area contributed by atoms with Crippen molar-refractivity contribution in [3.63, 3.8) is 0 Å². The molecule has 1 aromatic heterocycles. The van der Waals surface area contributed by atoms with Crippen molar-refractivity contribution in [2.45, 2.75) is 0 Å². The second-order valence-corrected chi connectivity index (χ2v) is 1.70. The van der Waals surface area contributed by atoms with Crippen LogP contribution in [0.2, 0.25) is 0 Å². The van der Waals surface area contributed by atoms with Gasteiger partial charge in [-0.05, 0) is 0 Å². The van der Waals surface area contributed by atoms with Crippen LogP contribution in [0, 0.1) is 0 Å². The molecule has 10 heavy (non-hydrogen) atoms. The molecule has 4 heteroatoms. The number of nitrogens with zero attached hydrogens (tertiary/aromatic N) is 1. The molecule has 0 aromatic carbocycles. The van der Waals surface area contributed by atoms with Gasteiger partial charge in [-0.15, -0.1) is 0 Å². The van der Waals surface area contributed by atoms with Crippen molar-refractivity contribution in [2.75, 3.05) is 0 Å². The summed E-state index contributed by atoms with van der Waals surface area (Å²) >= 11 is 0. The van der Waals surface area contributed by atoms with Crippen molar-refractivity contribution < 1.29 is 0 Å². The molecule has 1 rings (SSSR count). The lowest BCUT2D eigenvalue weighted by Gasteiger charge is -1.91. The van der Waals surface area contributed by atoms with Crippen molar-refractivity contribution in [3.8, 4) is 0 Å². The lowest BCUT2D eigenvalue weighted by Crippen LogP contribution is -2.25. The molecule has 52 valence electrons. The van der Waals surface area contributed by atoms with E-state index in [1.807, 2.05) is 0 Å². The molecule has 0 saturated heterocycles. The van der Waals surface area contributed by atoms with Gasteiger partial charge in [-0.2, -0.15) is 0 Å². The van der Waals surface area contributed by atoms with Crippen molar-refractivity contribution >= 4 is 6.20 Å². The van der Waals surface area contributed by atoms with E-state index >= 15 is 0 Å². The van der Waals surface area contributed by atoms with Crippen LogP contribution in [0.25, 0.3) is 6.20 Å². The van der Waals surface area contributed by atoms with E-state index in [1.54, 1.807) is 0 Å². The number of rotatable bonds is 1. The largest absolute Gasteiger partial charge is 0.332 e. The number of H-pyrrole nitrogens is 1. The van der Waals surface area contributed by atoms with Crippen LogP contribution in [-0.4, -0.2) is 9.55 Å². The topological polar surface area (TPSA) is 54.9 Å². The summed E-state index contributed by atoms with van der Waals surface area (Å²) < 4.78 is 1.18. The van der Waals surface area contributed by atoms with Gasteiger partial charge in [-0.1, -0.05) is 6.58 Å². The molecule has 1 heterocycles. The molecule has 0 aliphatic heterocycles. The van der Waals surface area contributed by atoms with Crippen molar-refractivity contribution in [1.82, 2.24) is 9.55 Å². The minimum absolute atomic E-state index is 0.400. The molecule has 0 radical (unpaired) electrons. The molecule has 0 unspecified atom stereocenters. The Labute approximate surface area is 56.4 Å². The van der Waals surface area contributed by atoms with E-state index in [0.717, 1.165) is 0 Å². The summed E-state index contributed by atoms with van der Waals surface area (Å²) in [4.78, 5) is 23.2. The summed E-state index contributed by atoms with van der Waals surface area (Å²) in [5.41, 5.74) is -0.870. The Morgan fingerprint density at radius 3 is 2.80 bits per heavy atom. The fourth-order valence-electron chi connectivity index (χ4n) is 0.571. The third-order valence-corrected chi connectivity index (χ3v) is 1.05. The minimum Gasteiger partial charge on any atom is -0.277 e. The number of hydrogen-bond acceptors (Lipinski definition) is 2. The molecular weight excluding hydrogens is 132 g/mol. The molecule has 0 spiro atoms. The highest BCUT2D eigenvalue weighted by atomic mass is 16.2. The van der Waals surface area contributed by atoms with Gasteiger partial charge in [-0.3, -0.25) is 14.3 Å². The molecule has 1 aromatic rings. The number of aromatic nitrogens is 2. The number of nitrogens with one attached hydrogen (secondary N) is 1. The average molecular weight is 138 g/mol. The van der Waals surface area contributed by atoms with Crippen LogP contribution in [0.15, 0.2) is 28.4 Å². The Balaban J connectivity index is 3.48. The molecule has 1 N–H and O–H groups in total. The molecule has 0 bridgehead atoms. The first kappa shape index (κ1) is 6.54. The van der Waals surface area contributed by atoms with Crippen molar-refractivity contribution in [1.29, 1.82) is 0 Å². The highest BCUT2D eigenvalue weighted by Crippen LogP contribution is 1.71. The van der Waals surface area contributed by atoms with Gasteiger partial charge >= 0.3 is 5.69 Å². The summed E-state index contributed by atoms with van der Waals surface area (Å²) in [5.74, 6) is 0. The molecule has 4 nitrogen and oxygen atoms in total. The zero-order valence-electron chi connectivity index (χ0n) is 5.20. The third-order valence-electron chi connectivity index (χ3n) is 1.05. The summed E-state index contributed by atoms with van der Waals surface area (Å²) in [6.07, 6.45) is 2.67. The summed E-state index contributed by atoms with van der Waals surface area (Å²) in [7, 11) is 0. The second-order valence-electron chi connectivity index (χ2n) is 1.70. The molecule has 0 fully saturated rings. The molecule has 0 aliphatic carbocycles. The van der Waals surface area contributed by atoms with E-state index in [0.29, 0.717) is 0 Å². The van der Waals surface area contributed by atoms with Crippen molar-refractivity contribution in [3.05, 3.63) is 39.7 Å². The quantitative estimate of drug-likeness (QED) is 0.576. The first-order valence-electron chi connectivity index (χ1n) is 2.68. The van der Waals surface area contributed by atoms with Gasteiger partial charge in [0.25, 0.3) is 5.56 Å². The van der Waals surface area contributed by atoms with Crippen LogP contribution in [0.1, 0.15) is 0 Å². The minimum atomic E-state index is -0.470. The van der Waals surface area contributed by atoms with Crippen LogP contribution < -0.4 is 11.2 Å². The molecule has 0 atom stereocenters. The smallest absolute Gasteiger partial charge is 0.277 e. The summed E-state index contributed by atoms with van der Waals surface area (Å²) in [5, 5.41) is 0. The number of hydrogen-bond donors (Lipinski definition) is 1. The maximum absolute atomic E-state index is 10.7. The van der Waals surface area contributed by atoms with E-state index in [-0.39, 0.29) is 0 Å². The van der Waals surface area contributed by atoms with Gasteiger partial charge in [0.05, 0.1) is 0 Å². The van der Waals surface area contributed by atoms with Crippen LogP contribution >= 0.6 is 0 Å². The predicted molar refractivity (Wildman–Crippen MR) is 37.7 cm³/mol. The Kier molecular flexibility index (Phi) is 1.53. The molecular formula is C6H6N2O2. The fraction of sp³-hybridized carbons (Fsp3) is 0. The summed E-state index contributed by atoms with van der Waals surface area (Å²) in [6, 6.07) is 1.25. The average Bonchev–Trinajstić information content (AvgIpc) is 1.88. The zero-order valence-corrected chi connectivity index (χ0v) is 5.20. The molecule has 0 aliphatic rings. The van der Waals surface area contributed by atoms with Gasteiger partial charge in [0.1, 0.15) is 0 Å². The highest BCUT2D eigenvalue weighted by Gasteiger charge is 1.87. The van der Waals surface area contributed by atoms with Crippen molar-refractivity contribution in [2.24, 2.45) is 0 Å². The SMILES string of the molecule is C=Cn1ccc(=O)[nH]c1=O. The molecule has 0 saturated carbocycles. The van der Waals surface area contributed by atoms with Gasteiger partial charge in [0, 0.05) is 18.5 Å². The zero-order chi connectivity index (χ0) is 7.56. The van der Waals surface area contributed by atoms with Crippen LogP contribution in [0.3, 0.4) is 0 Å². The van der Waals surface area contributed by atoms with Gasteiger partial charge in [0.15, 0.2) is 0 Å². The van der Waals surface area contributed by atoms with E-state index in [9.17, 15) is 9.59 Å². The van der Waals surface area contributed by atoms with Crippen LogP contribution in [-0.2, 0) is 0 Å². The Hall–Kier alpha value is -1.58. The Bertz CT molecular complexity index is 347. The lowest BCUT2D eigenvalue weighted by molar-refractivity contribution is 0.939. The first-order chi connectivity index (χ1) is 4.74. The van der Waals surface area contributed by atoms with E-state index < -0.39 is 11.2 Å². The predicted octanol–water partition coefficient (Wildman–Crippen LogP) is -0.363. The normalized spacial score (nSPS) is 9.20. The van der Waals surface area contributed by atoms with E-state index in [4.69, 9.17) is 0 Å². The monoisotopic (exact) mass is 138 g/mol. The second kappa shape index (κ2) is 2.34. The van der Waals surface area contributed by atoms with Crippen LogP contribution in [0.5, 0.6) is 0 Å². The van der Waals surface area contributed by atoms with Gasteiger partial charge in [-0.25, -0.2) is 4.79 Å². The fourth-order valence-corrected chi connectivity index (χ4v) is 0.571. The maximum Gasteiger partial charge on any atom is 0.332 e. The Morgan fingerprint density at radius 1 is 1.60 bits per heavy atom. The van der Waals surface area contributed by atoms with Crippen LogP contribution in [0.4, 0.5) is 0 Å². The maximum atomic E-state index is 10.7.